The molecule has 10 nitrogen and oxygen atoms in total. The number of aromatic amines is 1. The number of amides is 1. The molecule has 0 spiro atoms. The molecule has 2 heterocycles. The van der Waals surface area contributed by atoms with Gasteiger partial charge in [-0.05, 0) is 51.9 Å². The summed E-state index contributed by atoms with van der Waals surface area (Å²) in [7, 11) is 1.88. The quantitative estimate of drug-likeness (QED) is 0.299. The molecule has 2 aromatic heterocycles. The smallest absolute Gasteiger partial charge is 0.326 e. The molecule has 0 aliphatic rings. The topological polar surface area (TPSA) is 130 Å². The van der Waals surface area contributed by atoms with Gasteiger partial charge >= 0.3 is 5.97 Å². The van der Waals surface area contributed by atoms with Crippen LogP contribution in [0.5, 0.6) is 0 Å². The number of carboxylic acid groups (broad SMARTS) is 1. The van der Waals surface area contributed by atoms with Crippen molar-refractivity contribution in [3.8, 4) is 33.6 Å². The number of nitrogens with one attached hydrogen (secondary N) is 1. The number of hydrogen-bond acceptors (Lipinski definition) is 6. The van der Waals surface area contributed by atoms with E-state index in [-0.39, 0.29) is 18.4 Å². The molecule has 0 bridgehead atoms. The van der Waals surface area contributed by atoms with Crippen LogP contribution in [0.25, 0.3) is 33.6 Å². The fourth-order valence-corrected chi connectivity index (χ4v) is 4.58. The zero-order chi connectivity index (χ0) is 27.2. The lowest BCUT2D eigenvalue weighted by Crippen LogP contribution is -2.47. The van der Waals surface area contributed by atoms with Gasteiger partial charge in [0.2, 0.25) is 11.7 Å². The third-order valence-electron chi connectivity index (χ3n) is 6.55. The molecule has 0 fully saturated rings. The van der Waals surface area contributed by atoms with Gasteiger partial charge in [0, 0.05) is 37.3 Å². The summed E-state index contributed by atoms with van der Waals surface area (Å²) in [4.78, 5) is 26.6. The highest BCUT2D eigenvalue weighted by Gasteiger charge is 2.32. The second-order valence-electron chi connectivity index (χ2n) is 9.75. The Kier molecular flexibility index (Phi) is 8.30. The number of carboxylic acids is 1. The molecular formula is C28H33N7O3. The molecule has 0 saturated heterocycles. The van der Waals surface area contributed by atoms with Crippen molar-refractivity contribution in [2.24, 2.45) is 13.0 Å². The van der Waals surface area contributed by atoms with Crippen molar-refractivity contribution in [3.05, 3.63) is 60.4 Å². The van der Waals surface area contributed by atoms with Gasteiger partial charge in [-0.15, -0.1) is 10.2 Å². The van der Waals surface area contributed by atoms with E-state index < -0.39 is 12.0 Å². The minimum Gasteiger partial charge on any atom is -0.480 e. The van der Waals surface area contributed by atoms with Gasteiger partial charge in [0.15, 0.2) is 0 Å². The molecule has 1 amide bonds. The van der Waals surface area contributed by atoms with Crippen molar-refractivity contribution in [2.75, 3.05) is 0 Å². The van der Waals surface area contributed by atoms with Crippen molar-refractivity contribution in [3.63, 3.8) is 0 Å². The van der Waals surface area contributed by atoms with Gasteiger partial charge in [0.25, 0.3) is 0 Å². The highest BCUT2D eigenvalue weighted by atomic mass is 16.4. The van der Waals surface area contributed by atoms with Gasteiger partial charge in [-0.1, -0.05) is 57.5 Å². The zero-order valence-electron chi connectivity index (χ0n) is 22.1. The normalized spacial score (nSPS) is 12.0. The van der Waals surface area contributed by atoms with Crippen LogP contribution in [-0.4, -0.2) is 58.3 Å². The van der Waals surface area contributed by atoms with Crippen LogP contribution >= 0.6 is 0 Å². The van der Waals surface area contributed by atoms with Crippen LogP contribution in [0.15, 0.2) is 54.9 Å². The minimum absolute atomic E-state index is 0.138. The van der Waals surface area contributed by atoms with Crippen LogP contribution in [-0.2, 0) is 23.2 Å². The average Bonchev–Trinajstić information content (AvgIpc) is 3.59. The van der Waals surface area contributed by atoms with E-state index in [1.165, 1.54) is 4.90 Å². The molecule has 0 saturated carbocycles. The molecule has 38 heavy (non-hydrogen) atoms. The summed E-state index contributed by atoms with van der Waals surface area (Å²) in [5, 5.41) is 28.7. The Morgan fingerprint density at radius 1 is 1.05 bits per heavy atom. The SMILES string of the molecule is CCCCC(=O)N(Cc1ccc(-c2cc(-c3cnn(C)c3)ccc2-c2nn[nH]n2)cc1)C(C(=O)O)C(C)C. The van der Waals surface area contributed by atoms with E-state index in [2.05, 4.69) is 31.8 Å². The lowest BCUT2D eigenvalue weighted by molar-refractivity contribution is -0.153. The number of hydrogen-bond donors (Lipinski definition) is 2. The summed E-state index contributed by atoms with van der Waals surface area (Å²) in [6, 6.07) is 13.0. The number of carbonyl (C=O) groups is 2. The molecule has 0 radical (unpaired) electrons. The molecule has 2 aromatic carbocycles. The molecule has 4 aromatic rings. The molecule has 198 valence electrons. The molecular weight excluding hydrogens is 482 g/mol. The molecule has 2 N–H and O–H groups in total. The second kappa shape index (κ2) is 11.8. The molecule has 1 atom stereocenters. The molecule has 0 aliphatic carbocycles. The van der Waals surface area contributed by atoms with Crippen LogP contribution in [0.3, 0.4) is 0 Å². The Morgan fingerprint density at radius 2 is 1.79 bits per heavy atom. The van der Waals surface area contributed by atoms with Gasteiger partial charge < -0.3 is 10.0 Å². The zero-order valence-corrected chi connectivity index (χ0v) is 22.1. The summed E-state index contributed by atoms with van der Waals surface area (Å²) in [6.45, 7) is 5.90. The molecule has 0 aliphatic heterocycles. The van der Waals surface area contributed by atoms with Gasteiger partial charge in [0.05, 0.1) is 6.20 Å². The van der Waals surface area contributed by atoms with E-state index in [0.717, 1.165) is 46.2 Å². The lowest BCUT2D eigenvalue weighted by Gasteiger charge is -2.32. The number of carbonyl (C=O) groups excluding carboxylic acids is 1. The first-order valence-electron chi connectivity index (χ1n) is 12.8. The number of aryl methyl sites for hydroxylation is 1. The van der Waals surface area contributed by atoms with Crippen molar-refractivity contribution in [1.82, 2.24) is 35.3 Å². The summed E-state index contributed by atoms with van der Waals surface area (Å²) in [6.07, 6.45) is 5.70. The number of H-pyrrole nitrogens is 1. The van der Waals surface area contributed by atoms with E-state index in [1.807, 2.05) is 76.6 Å². The minimum atomic E-state index is -0.988. The Bertz CT molecular complexity index is 1380. The van der Waals surface area contributed by atoms with E-state index in [1.54, 1.807) is 4.68 Å². The summed E-state index contributed by atoms with van der Waals surface area (Å²) >= 11 is 0. The Balaban J connectivity index is 1.68. The number of unbranched alkanes of at least 4 members (excludes halogenated alkanes) is 1. The first-order chi connectivity index (χ1) is 18.3. The van der Waals surface area contributed by atoms with E-state index in [0.29, 0.717) is 12.2 Å². The largest absolute Gasteiger partial charge is 0.480 e. The maximum atomic E-state index is 13.0. The highest BCUT2D eigenvalue weighted by Crippen LogP contribution is 2.34. The van der Waals surface area contributed by atoms with Crippen molar-refractivity contribution in [2.45, 2.75) is 52.6 Å². The molecule has 4 rings (SSSR count). The number of benzene rings is 2. The van der Waals surface area contributed by atoms with Crippen LogP contribution in [0.4, 0.5) is 0 Å². The maximum absolute atomic E-state index is 13.0. The number of aromatic nitrogens is 6. The van der Waals surface area contributed by atoms with Crippen LogP contribution in [0, 0.1) is 5.92 Å². The standard InChI is InChI=1S/C28H33N7O3/c1-5-6-7-25(36)35(26(18(2)3)28(37)38)16-19-8-10-20(11-9-19)24-14-21(22-15-29-34(4)17-22)12-13-23(24)27-30-32-33-31-27/h8-15,17-18,26H,5-7,16H2,1-4H3,(H,37,38)(H,30,31,32,33). The Hall–Kier alpha value is -4.34. The first-order valence-corrected chi connectivity index (χ1v) is 12.8. The second-order valence-corrected chi connectivity index (χ2v) is 9.75. The van der Waals surface area contributed by atoms with Gasteiger partial charge in [-0.25, -0.2) is 4.79 Å². The summed E-state index contributed by atoms with van der Waals surface area (Å²) in [5.41, 5.74) is 5.51. The Labute approximate surface area is 221 Å². The van der Waals surface area contributed by atoms with E-state index in [4.69, 9.17) is 0 Å². The van der Waals surface area contributed by atoms with Gasteiger partial charge in [0.1, 0.15) is 6.04 Å². The van der Waals surface area contributed by atoms with Gasteiger partial charge in [-0.2, -0.15) is 10.3 Å². The van der Waals surface area contributed by atoms with E-state index >= 15 is 0 Å². The third kappa shape index (κ3) is 5.96. The number of rotatable bonds is 11. The monoisotopic (exact) mass is 515 g/mol. The predicted molar refractivity (Wildman–Crippen MR) is 144 cm³/mol. The maximum Gasteiger partial charge on any atom is 0.326 e. The average molecular weight is 516 g/mol. The first kappa shape index (κ1) is 26.7. The van der Waals surface area contributed by atoms with E-state index in [9.17, 15) is 14.7 Å². The fourth-order valence-electron chi connectivity index (χ4n) is 4.58. The van der Waals surface area contributed by atoms with Crippen molar-refractivity contribution >= 4 is 11.9 Å². The highest BCUT2D eigenvalue weighted by molar-refractivity contribution is 5.85. The Morgan fingerprint density at radius 3 is 2.37 bits per heavy atom. The van der Waals surface area contributed by atoms with Crippen LogP contribution < -0.4 is 0 Å². The summed E-state index contributed by atoms with van der Waals surface area (Å²) in [5.74, 6) is -0.861. The van der Waals surface area contributed by atoms with Crippen LogP contribution in [0.2, 0.25) is 0 Å². The fraction of sp³-hybridized carbons (Fsp3) is 0.357. The lowest BCUT2D eigenvalue weighted by atomic mass is 9.94. The predicted octanol–water partition coefficient (Wildman–Crippen LogP) is 4.56. The van der Waals surface area contributed by atoms with Crippen molar-refractivity contribution in [1.29, 1.82) is 0 Å². The number of aliphatic carboxylic acids is 1. The molecule has 10 heteroatoms. The molecule has 1 unspecified atom stereocenters. The number of tetrazole rings is 1. The van der Waals surface area contributed by atoms with Crippen molar-refractivity contribution < 1.29 is 14.7 Å². The van der Waals surface area contributed by atoms with Crippen LogP contribution in [0.1, 0.15) is 45.6 Å². The third-order valence-corrected chi connectivity index (χ3v) is 6.55. The number of nitrogens with zero attached hydrogens (tertiary/aromatic N) is 6. The summed E-state index contributed by atoms with van der Waals surface area (Å²) < 4.78 is 1.76. The van der Waals surface area contributed by atoms with Gasteiger partial charge in [-0.3, -0.25) is 9.48 Å².